The van der Waals surface area contributed by atoms with E-state index in [4.69, 9.17) is 9.84 Å². The van der Waals surface area contributed by atoms with Gasteiger partial charge in [-0.15, -0.1) is 0 Å². The van der Waals surface area contributed by atoms with Gasteiger partial charge in [-0.25, -0.2) is 13.9 Å². The van der Waals surface area contributed by atoms with Crippen LogP contribution in [0.3, 0.4) is 0 Å². The van der Waals surface area contributed by atoms with Crippen LogP contribution in [0.2, 0.25) is 0 Å². The fourth-order valence-electron chi connectivity index (χ4n) is 3.37. The topological polar surface area (TPSA) is 59.7 Å². The van der Waals surface area contributed by atoms with Crippen LogP contribution >= 0.6 is 0 Å². The minimum absolute atomic E-state index is 0.0412. The number of amides is 1. The molecule has 0 aliphatic heterocycles. The molecule has 28 heavy (non-hydrogen) atoms. The molecular formula is C21H25FN4O2. The Balaban J connectivity index is 2.12. The average Bonchev–Trinajstić information content (AvgIpc) is 3.02. The summed E-state index contributed by atoms with van der Waals surface area (Å²) in [6.45, 7) is 8.27. The number of rotatable bonds is 7. The lowest BCUT2D eigenvalue weighted by Crippen LogP contribution is -2.31. The van der Waals surface area contributed by atoms with E-state index in [1.165, 1.54) is 0 Å². The van der Waals surface area contributed by atoms with Crippen molar-refractivity contribution in [3.05, 3.63) is 47.3 Å². The highest BCUT2D eigenvalue weighted by Gasteiger charge is 2.21. The van der Waals surface area contributed by atoms with E-state index < -0.39 is 6.86 Å². The van der Waals surface area contributed by atoms with Crippen molar-refractivity contribution in [2.24, 2.45) is 0 Å². The van der Waals surface area contributed by atoms with E-state index in [1.807, 2.05) is 45.9 Å². The Morgan fingerprint density at radius 2 is 1.86 bits per heavy atom. The molecule has 2 heterocycles. The third-order valence-corrected chi connectivity index (χ3v) is 4.78. The smallest absolute Gasteiger partial charge is 0.228 e. The highest BCUT2D eigenvalue weighted by atomic mass is 19.1. The second-order valence-electron chi connectivity index (χ2n) is 6.62. The van der Waals surface area contributed by atoms with Crippen LogP contribution in [-0.4, -0.2) is 45.4 Å². The summed E-state index contributed by atoms with van der Waals surface area (Å²) in [6, 6.07) is 8.99. The first kappa shape index (κ1) is 19.8. The van der Waals surface area contributed by atoms with Crippen LogP contribution in [0.4, 0.5) is 4.39 Å². The molecule has 0 bridgehead atoms. The Bertz CT molecular complexity index is 978. The van der Waals surface area contributed by atoms with Gasteiger partial charge in [-0.1, -0.05) is 0 Å². The molecular weight excluding hydrogens is 359 g/mol. The fraction of sp³-hybridized carbons (Fsp3) is 0.381. The molecule has 7 heteroatoms. The van der Waals surface area contributed by atoms with Crippen molar-refractivity contribution in [2.45, 2.75) is 34.1 Å². The predicted octanol–water partition coefficient (Wildman–Crippen LogP) is 3.73. The van der Waals surface area contributed by atoms with Gasteiger partial charge in [0.25, 0.3) is 0 Å². The Kier molecular flexibility index (Phi) is 5.92. The lowest BCUT2D eigenvalue weighted by atomic mass is 10.0. The highest BCUT2D eigenvalue weighted by Crippen LogP contribution is 2.29. The minimum atomic E-state index is -0.875. The summed E-state index contributed by atoms with van der Waals surface area (Å²) >= 11 is 0. The number of ether oxygens (including phenoxy) is 1. The molecule has 1 amide bonds. The zero-order valence-corrected chi connectivity index (χ0v) is 16.7. The monoisotopic (exact) mass is 384 g/mol. The number of fused-ring (bicyclic) bond motifs is 1. The zero-order valence-electron chi connectivity index (χ0n) is 16.7. The zero-order chi connectivity index (χ0) is 20.3. The van der Waals surface area contributed by atoms with Gasteiger partial charge in [-0.05, 0) is 58.0 Å². The first-order valence-electron chi connectivity index (χ1n) is 9.41. The summed E-state index contributed by atoms with van der Waals surface area (Å²) in [5, 5.41) is 4.73. The van der Waals surface area contributed by atoms with Crippen LogP contribution < -0.4 is 4.74 Å². The number of aromatic nitrogens is 3. The van der Waals surface area contributed by atoms with E-state index in [9.17, 15) is 9.18 Å². The average molecular weight is 384 g/mol. The Morgan fingerprint density at radius 3 is 2.46 bits per heavy atom. The number of alkyl halides is 1. The summed E-state index contributed by atoms with van der Waals surface area (Å²) in [5.74, 6) is 0.487. The summed E-state index contributed by atoms with van der Waals surface area (Å²) in [7, 11) is 0. The maximum absolute atomic E-state index is 12.8. The van der Waals surface area contributed by atoms with Gasteiger partial charge >= 0.3 is 0 Å². The number of halogens is 1. The Labute approximate surface area is 163 Å². The van der Waals surface area contributed by atoms with Gasteiger partial charge in [0, 0.05) is 35.6 Å². The molecule has 2 aromatic heterocycles. The number of likely N-dealkylation sites (N-methyl/N-ethyl adjacent to an activating group) is 1. The van der Waals surface area contributed by atoms with Crippen molar-refractivity contribution in [1.82, 2.24) is 19.5 Å². The van der Waals surface area contributed by atoms with Gasteiger partial charge in [0.05, 0.1) is 12.1 Å². The minimum Gasteiger partial charge on any atom is -0.463 e. The lowest BCUT2D eigenvalue weighted by molar-refractivity contribution is -0.130. The molecule has 0 aliphatic carbocycles. The summed E-state index contributed by atoms with van der Waals surface area (Å²) in [5.41, 5.74) is 4.84. The molecule has 0 saturated heterocycles. The molecule has 3 aromatic rings. The molecule has 0 aliphatic rings. The van der Waals surface area contributed by atoms with Gasteiger partial charge in [-0.2, -0.15) is 5.10 Å². The quantitative estimate of drug-likeness (QED) is 0.623. The Morgan fingerprint density at radius 1 is 1.18 bits per heavy atom. The molecule has 0 N–H and O–H groups in total. The predicted molar refractivity (Wildman–Crippen MR) is 106 cm³/mol. The maximum Gasteiger partial charge on any atom is 0.228 e. The molecule has 0 radical (unpaired) electrons. The second kappa shape index (κ2) is 8.37. The van der Waals surface area contributed by atoms with Gasteiger partial charge in [0.1, 0.15) is 5.75 Å². The van der Waals surface area contributed by atoms with Crippen molar-refractivity contribution in [2.75, 3.05) is 20.0 Å². The van der Waals surface area contributed by atoms with Crippen LogP contribution in [0.1, 0.15) is 30.8 Å². The van der Waals surface area contributed by atoms with Gasteiger partial charge < -0.3 is 9.64 Å². The maximum atomic E-state index is 12.8. The third-order valence-electron chi connectivity index (χ3n) is 4.78. The van der Waals surface area contributed by atoms with Gasteiger partial charge in [0.2, 0.25) is 12.8 Å². The largest absolute Gasteiger partial charge is 0.463 e. The number of carbonyl (C=O) groups excluding carboxylic acids is 1. The van der Waals surface area contributed by atoms with Crippen molar-refractivity contribution in [1.29, 1.82) is 0 Å². The van der Waals surface area contributed by atoms with E-state index in [0.717, 1.165) is 22.5 Å². The molecule has 148 valence electrons. The van der Waals surface area contributed by atoms with E-state index >= 15 is 0 Å². The molecule has 0 fully saturated rings. The van der Waals surface area contributed by atoms with Gasteiger partial charge in [0.15, 0.2) is 5.65 Å². The van der Waals surface area contributed by atoms with Crippen LogP contribution in [0.15, 0.2) is 30.3 Å². The number of hydrogen-bond acceptors (Lipinski definition) is 4. The van der Waals surface area contributed by atoms with Crippen molar-refractivity contribution >= 4 is 11.6 Å². The third kappa shape index (κ3) is 3.83. The lowest BCUT2D eigenvalue weighted by Gasteiger charge is -2.18. The first-order chi connectivity index (χ1) is 13.5. The molecule has 0 spiro atoms. The molecule has 0 atom stereocenters. The number of nitrogens with zero attached hydrogens (tertiary/aromatic N) is 4. The summed E-state index contributed by atoms with van der Waals surface area (Å²) < 4.78 is 19.0. The number of aryl methyl sites for hydroxylation is 2. The number of hydrogen-bond donors (Lipinski definition) is 0. The first-order valence-corrected chi connectivity index (χ1v) is 9.41. The standard InChI is InChI=1S/C21H25FN4O2/c1-5-25(6-2)19(27)12-18-20(16-7-9-17(10-8-16)28-13-22)24-26-15(4)11-14(3)23-21(18)26/h7-11H,5-6,12-13H2,1-4H3. The van der Waals surface area contributed by atoms with E-state index in [-0.39, 0.29) is 12.3 Å². The molecule has 0 saturated carbocycles. The summed E-state index contributed by atoms with van der Waals surface area (Å²) in [6.07, 6.45) is 0.221. The normalized spacial score (nSPS) is 11.0. The molecule has 0 unspecified atom stereocenters. The fourth-order valence-corrected chi connectivity index (χ4v) is 3.37. The van der Waals surface area contributed by atoms with Crippen LogP contribution in [-0.2, 0) is 11.2 Å². The van der Waals surface area contributed by atoms with Crippen molar-refractivity contribution in [3.8, 4) is 17.0 Å². The van der Waals surface area contributed by atoms with E-state index in [1.54, 1.807) is 21.5 Å². The number of carbonyl (C=O) groups is 1. The summed E-state index contributed by atoms with van der Waals surface area (Å²) in [4.78, 5) is 19.3. The second-order valence-corrected chi connectivity index (χ2v) is 6.62. The van der Waals surface area contributed by atoms with Crippen LogP contribution in [0, 0.1) is 13.8 Å². The van der Waals surface area contributed by atoms with E-state index in [2.05, 4.69) is 4.98 Å². The van der Waals surface area contributed by atoms with Crippen molar-refractivity contribution < 1.29 is 13.9 Å². The van der Waals surface area contributed by atoms with Crippen LogP contribution in [0.25, 0.3) is 16.9 Å². The van der Waals surface area contributed by atoms with Crippen LogP contribution in [0.5, 0.6) is 5.75 Å². The molecule has 1 aromatic carbocycles. The molecule has 6 nitrogen and oxygen atoms in total. The molecule has 3 rings (SSSR count). The number of benzene rings is 1. The van der Waals surface area contributed by atoms with Gasteiger partial charge in [-0.3, -0.25) is 4.79 Å². The SMILES string of the molecule is CCN(CC)C(=O)Cc1c(-c2ccc(OCF)cc2)nn2c(C)cc(C)nc12. The highest BCUT2D eigenvalue weighted by molar-refractivity contribution is 5.84. The van der Waals surface area contributed by atoms with Crippen molar-refractivity contribution in [3.63, 3.8) is 0 Å². The van der Waals surface area contributed by atoms with E-state index in [0.29, 0.717) is 30.2 Å². The Hall–Kier alpha value is -2.96.